The molecule has 0 spiro atoms. The van der Waals surface area contributed by atoms with Gasteiger partial charge in [0.05, 0.1) is 29.8 Å². The molecule has 0 saturated heterocycles. The number of halogens is 3. The molecule has 2 N–H and O–H groups in total. The van der Waals surface area contributed by atoms with E-state index in [0.717, 1.165) is 54.8 Å². The van der Waals surface area contributed by atoms with E-state index in [9.17, 15) is 22.8 Å². The summed E-state index contributed by atoms with van der Waals surface area (Å²) >= 11 is 1.28. The van der Waals surface area contributed by atoms with Crippen LogP contribution in [0.2, 0.25) is 0 Å². The van der Waals surface area contributed by atoms with Gasteiger partial charge in [0.1, 0.15) is 10.7 Å². The number of aromatic nitrogens is 7. The molecule has 2 amide bonds. The van der Waals surface area contributed by atoms with Crippen LogP contribution in [0.15, 0.2) is 36.5 Å². The van der Waals surface area contributed by atoms with E-state index in [1.165, 1.54) is 23.1 Å². The largest absolute Gasteiger partial charge is 0.416 e. The highest BCUT2D eigenvalue weighted by atomic mass is 32.1. The molecule has 11 nitrogen and oxygen atoms in total. The molecule has 0 saturated carbocycles. The highest BCUT2D eigenvalue weighted by Crippen LogP contribution is 2.29. The van der Waals surface area contributed by atoms with Gasteiger partial charge in [0.2, 0.25) is 16.9 Å². The molecule has 5 heterocycles. The molecule has 4 aromatic heterocycles. The Kier molecular flexibility index (Phi) is 8.82. The predicted octanol–water partition coefficient (Wildman–Crippen LogP) is 3.62. The summed E-state index contributed by atoms with van der Waals surface area (Å²) in [7, 11) is 0. The Labute approximate surface area is 242 Å². The first-order valence-corrected chi connectivity index (χ1v) is 13.9. The molecule has 0 bridgehead atoms. The van der Waals surface area contributed by atoms with Crippen LogP contribution in [0.25, 0.3) is 0 Å². The minimum atomic E-state index is -4.52. The summed E-state index contributed by atoms with van der Waals surface area (Å²) in [5, 5.41) is 26.8. The van der Waals surface area contributed by atoms with E-state index in [0.29, 0.717) is 23.7 Å². The van der Waals surface area contributed by atoms with E-state index < -0.39 is 17.6 Å². The minimum Gasteiger partial charge on any atom is -0.309 e. The number of nitrogens with zero attached hydrogens (tertiary/aromatic N) is 7. The molecule has 0 atom stereocenters. The number of carbonyl (C=O) groups is 2. The second kappa shape index (κ2) is 12.9. The lowest BCUT2D eigenvalue weighted by molar-refractivity contribution is -0.137. The number of hydrogen-bond acceptors (Lipinski definition) is 9. The SMILES string of the molecule is O=C(Cc1cc(C(F)(F)F)ccn1)Nc1ccc(C#CCCc2nnc(NC(=O)Cc3cc4n(n3)CCCC4)s2)nn1. The molecule has 15 heteroatoms. The lowest BCUT2D eigenvalue weighted by Gasteiger charge is -2.11. The van der Waals surface area contributed by atoms with Gasteiger partial charge < -0.3 is 10.6 Å². The van der Waals surface area contributed by atoms with Crippen molar-refractivity contribution < 1.29 is 22.8 Å². The first kappa shape index (κ1) is 28.8. The second-order valence-corrected chi connectivity index (χ2v) is 10.5. The number of fused-ring (bicyclic) bond motifs is 1. The van der Waals surface area contributed by atoms with Crippen molar-refractivity contribution in [3.05, 3.63) is 69.9 Å². The average Bonchev–Trinajstić information content (AvgIpc) is 3.57. The maximum absolute atomic E-state index is 12.8. The molecular weight excluding hydrogens is 571 g/mol. The standard InChI is InChI=1S/C27H24F3N9O2S/c28-27(29,30)17-10-11-31-19(13-17)15-23(40)32-22-9-8-18(34-35-22)5-1-2-7-25-36-37-26(42-25)33-24(41)16-20-14-21-6-3-4-12-39(21)38-20/h8-11,13-14H,2-4,6-7,12,15-16H2,(H,32,35,40)(H,33,37,41). The molecule has 5 rings (SSSR count). The van der Waals surface area contributed by atoms with Gasteiger partial charge >= 0.3 is 6.18 Å². The van der Waals surface area contributed by atoms with Crippen molar-refractivity contribution in [3.8, 4) is 11.8 Å². The number of alkyl halides is 3. The summed E-state index contributed by atoms with van der Waals surface area (Å²) in [6.07, 6.45) is 0.544. The summed E-state index contributed by atoms with van der Waals surface area (Å²) < 4.78 is 40.5. The van der Waals surface area contributed by atoms with Crippen molar-refractivity contribution >= 4 is 34.1 Å². The molecule has 216 valence electrons. The van der Waals surface area contributed by atoms with Gasteiger partial charge in [0.25, 0.3) is 0 Å². The van der Waals surface area contributed by atoms with E-state index >= 15 is 0 Å². The first-order chi connectivity index (χ1) is 20.2. The molecule has 1 aliphatic rings. The summed E-state index contributed by atoms with van der Waals surface area (Å²) in [5.41, 5.74) is 1.40. The smallest absolute Gasteiger partial charge is 0.309 e. The Morgan fingerprint density at radius 1 is 0.976 bits per heavy atom. The lowest BCUT2D eigenvalue weighted by Crippen LogP contribution is -2.17. The third-order valence-corrected chi connectivity index (χ3v) is 7.02. The van der Waals surface area contributed by atoms with Crippen molar-refractivity contribution in [1.29, 1.82) is 0 Å². The zero-order chi connectivity index (χ0) is 29.5. The third kappa shape index (κ3) is 7.94. The number of amides is 2. The fourth-order valence-electron chi connectivity index (χ4n) is 4.19. The number of hydrogen-bond donors (Lipinski definition) is 2. The molecule has 4 aromatic rings. The van der Waals surface area contributed by atoms with Crippen molar-refractivity contribution in [3.63, 3.8) is 0 Å². The van der Waals surface area contributed by atoms with Crippen LogP contribution < -0.4 is 10.6 Å². The summed E-state index contributed by atoms with van der Waals surface area (Å²) in [6.45, 7) is 0.892. The average molecular weight is 596 g/mol. The first-order valence-electron chi connectivity index (χ1n) is 13.0. The fourth-order valence-corrected chi connectivity index (χ4v) is 4.94. The topological polar surface area (TPSA) is 140 Å². The van der Waals surface area contributed by atoms with Crippen molar-refractivity contribution in [1.82, 2.24) is 35.2 Å². The van der Waals surface area contributed by atoms with Crippen molar-refractivity contribution in [2.24, 2.45) is 0 Å². The Morgan fingerprint density at radius 3 is 2.60 bits per heavy atom. The number of anilines is 2. The summed E-state index contributed by atoms with van der Waals surface area (Å²) in [6, 6.07) is 6.71. The van der Waals surface area contributed by atoms with E-state index in [2.05, 4.69) is 53.0 Å². The van der Waals surface area contributed by atoms with Gasteiger partial charge in [-0.05, 0) is 55.5 Å². The van der Waals surface area contributed by atoms with Crippen LogP contribution in [-0.4, -0.2) is 47.0 Å². The van der Waals surface area contributed by atoms with Crippen molar-refractivity contribution in [2.45, 2.75) is 57.7 Å². The molecule has 0 unspecified atom stereocenters. The lowest BCUT2D eigenvalue weighted by atomic mass is 10.1. The zero-order valence-electron chi connectivity index (χ0n) is 22.1. The highest BCUT2D eigenvalue weighted by molar-refractivity contribution is 7.15. The van der Waals surface area contributed by atoms with Gasteiger partial charge in [0.15, 0.2) is 5.82 Å². The van der Waals surface area contributed by atoms with Gasteiger partial charge in [-0.25, -0.2) is 0 Å². The number of nitrogens with one attached hydrogen (secondary N) is 2. The van der Waals surface area contributed by atoms with Gasteiger partial charge in [-0.3, -0.25) is 19.3 Å². The Bertz CT molecular complexity index is 1620. The van der Waals surface area contributed by atoms with Gasteiger partial charge in [-0.1, -0.05) is 17.3 Å². The number of pyridine rings is 1. The minimum absolute atomic E-state index is 0.0184. The van der Waals surface area contributed by atoms with E-state index in [4.69, 9.17) is 0 Å². The quantitative estimate of drug-likeness (QED) is 0.295. The van der Waals surface area contributed by atoms with Crippen LogP contribution in [0.1, 0.15) is 52.6 Å². The monoisotopic (exact) mass is 595 g/mol. The number of carbonyl (C=O) groups excluding carboxylic acids is 2. The van der Waals surface area contributed by atoms with Crippen molar-refractivity contribution in [2.75, 3.05) is 10.6 Å². The molecule has 1 aliphatic heterocycles. The molecule has 42 heavy (non-hydrogen) atoms. The molecule has 0 radical (unpaired) electrons. The number of aryl methyl sites for hydroxylation is 3. The zero-order valence-corrected chi connectivity index (χ0v) is 22.9. The van der Waals surface area contributed by atoms with Crippen LogP contribution in [0, 0.1) is 11.8 Å². The Hall–Kier alpha value is -4.71. The van der Waals surface area contributed by atoms with Gasteiger partial charge in [0, 0.05) is 31.3 Å². The van der Waals surface area contributed by atoms with Crippen LogP contribution in [0.5, 0.6) is 0 Å². The summed E-state index contributed by atoms with van der Waals surface area (Å²) in [4.78, 5) is 28.4. The normalized spacial score (nSPS) is 12.6. The molecule has 0 fully saturated rings. The molecular formula is C27H24F3N9O2S. The van der Waals surface area contributed by atoms with E-state index in [1.54, 1.807) is 6.07 Å². The second-order valence-electron chi connectivity index (χ2n) is 9.40. The fraction of sp³-hybridized carbons (Fsp3) is 0.333. The van der Waals surface area contributed by atoms with Gasteiger partial charge in [-0.15, -0.1) is 20.4 Å². The Morgan fingerprint density at radius 2 is 1.81 bits per heavy atom. The molecule has 0 aromatic carbocycles. The summed E-state index contributed by atoms with van der Waals surface area (Å²) in [5.74, 6) is 5.19. The van der Waals surface area contributed by atoms with Crippen LogP contribution >= 0.6 is 11.3 Å². The van der Waals surface area contributed by atoms with Crippen LogP contribution in [-0.2, 0) is 48.0 Å². The van der Waals surface area contributed by atoms with Gasteiger partial charge in [-0.2, -0.15) is 18.3 Å². The van der Waals surface area contributed by atoms with Crippen LogP contribution in [0.3, 0.4) is 0 Å². The van der Waals surface area contributed by atoms with E-state index in [-0.39, 0.29) is 30.3 Å². The highest BCUT2D eigenvalue weighted by Gasteiger charge is 2.30. The molecule has 0 aliphatic carbocycles. The van der Waals surface area contributed by atoms with E-state index in [1.807, 2.05) is 10.7 Å². The third-order valence-electron chi connectivity index (χ3n) is 6.12. The van der Waals surface area contributed by atoms with Crippen LogP contribution in [0.4, 0.5) is 24.1 Å². The Balaban J connectivity index is 1.05. The maximum atomic E-state index is 12.8. The predicted molar refractivity (Wildman–Crippen MR) is 146 cm³/mol. The maximum Gasteiger partial charge on any atom is 0.416 e. The number of rotatable bonds is 8.